The van der Waals surface area contributed by atoms with Gasteiger partial charge in [0.2, 0.25) is 0 Å². The zero-order valence-electron chi connectivity index (χ0n) is 8.09. The molecule has 1 N–H and O–H groups in total. The van der Waals surface area contributed by atoms with Crippen molar-refractivity contribution < 1.29 is 9.13 Å². The van der Waals surface area contributed by atoms with E-state index in [1.54, 1.807) is 6.20 Å². The van der Waals surface area contributed by atoms with E-state index in [1.165, 1.54) is 6.07 Å². The van der Waals surface area contributed by atoms with Crippen LogP contribution in [0.5, 0.6) is 0 Å². The molecule has 76 valence electrons. The van der Waals surface area contributed by atoms with Gasteiger partial charge in [-0.15, -0.1) is 0 Å². The van der Waals surface area contributed by atoms with Gasteiger partial charge in [0.05, 0.1) is 6.61 Å². The lowest BCUT2D eigenvalue weighted by molar-refractivity contribution is 0.0226. The molecule has 0 aromatic carbocycles. The van der Waals surface area contributed by atoms with Gasteiger partial charge in [-0.1, -0.05) is 0 Å². The Morgan fingerprint density at radius 1 is 1.64 bits per heavy atom. The maximum atomic E-state index is 13.5. The number of pyridine rings is 1. The van der Waals surface area contributed by atoms with Crippen molar-refractivity contribution in [1.29, 1.82) is 0 Å². The molecule has 2 rings (SSSR count). The molecule has 0 saturated carbocycles. The van der Waals surface area contributed by atoms with E-state index in [1.807, 2.05) is 6.92 Å². The van der Waals surface area contributed by atoms with E-state index in [2.05, 4.69) is 10.3 Å². The molecular weight excluding hydrogens is 183 g/mol. The monoisotopic (exact) mass is 196 g/mol. The van der Waals surface area contributed by atoms with Crippen molar-refractivity contribution in [3.05, 3.63) is 29.3 Å². The van der Waals surface area contributed by atoms with Gasteiger partial charge in [0.15, 0.2) is 0 Å². The normalized spacial score (nSPS) is 22.3. The second-order valence-electron chi connectivity index (χ2n) is 3.44. The van der Waals surface area contributed by atoms with Crippen LogP contribution in [0.2, 0.25) is 0 Å². The van der Waals surface area contributed by atoms with Crippen LogP contribution in [0.4, 0.5) is 4.39 Å². The Labute approximate surface area is 82.3 Å². The molecule has 4 heteroatoms. The molecule has 0 radical (unpaired) electrons. The third-order valence-corrected chi connectivity index (χ3v) is 2.24. The molecule has 1 aliphatic heterocycles. The zero-order valence-corrected chi connectivity index (χ0v) is 8.09. The van der Waals surface area contributed by atoms with Crippen molar-refractivity contribution in [1.82, 2.24) is 10.3 Å². The summed E-state index contributed by atoms with van der Waals surface area (Å²) in [5.74, 6) is -0.279. The van der Waals surface area contributed by atoms with E-state index < -0.39 is 0 Å². The minimum absolute atomic E-state index is 0.246. The number of aryl methyl sites for hydroxylation is 1. The molecule has 0 bridgehead atoms. The first-order valence-electron chi connectivity index (χ1n) is 4.72. The number of hydrogen-bond acceptors (Lipinski definition) is 3. The molecule has 1 aliphatic rings. The highest BCUT2D eigenvalue weighted by atomic mass is 19.1. The van der Waals surface area contributed by atoms with Gasteiger partial charge in [0.1, 0.15) is 17.6 Å². The van der Waals surface area contributed by atoms with E-state index in [-0.39, 0.29) is 11.9 Å². The third-order valence-electron chi connectivity index (χ3n) is 2.24. The van der Waals surface area contributed by atoms with Crippen molar-refractivity contribution in [2.45, 2.75) is 13.0 Å². The lowest BCUT2D eigenvalue weighted by Gasteiger charge is -2.23. The van der Waals surface area contributed by atoms with Crippen molar-refractivity contribution in [3.8, 4) is 0 Å². The Hall–Kier alpha value is -1.00. The van der Waals surface area contributed by atoms with Crippen LogP contribution in [-0.2, 0) is 4.74 Å². The fourth-order valence-corrected chi connectivity index (χ4v) is 1.52. The molecule has 1 saturated heterocycles. The van der Waals surface area contributed by atoms with Gasteiger partial charge in [0.25, 0.3) is 0 Å². The van der Waals surface area contributed by atoms with Crippen LogP contribution < -0.4 is 5.32 Å². The van der Waals surface area contributed by atoms with Gasteiger partial charge in [-0.3, -0.25) is 4.98 Å². The molecule has 3 nitrogen and oxygen atoms in total. The van der Waals surface area contributed by atoms with Crippen molar-refractivity contribution >= 4 is 0 Å². The highest BCUT2D eigenvalue weighted by molar-refractivity contribution is 5.17. The average molecular weight is 196 g/mol. The number of halogens is 1. The molecule has 1 aromatic rings. The SMILES string of the molecule is Cc1cnc(C2CNCCO2)c(F)c1. The standard InChI is InChI=1S/C10H13FN2O/c1-7-4-8(11)10(13-5-7)9-6-12-2-3-14-9/h4-5,9,12H,2-3,6H2,1H3. The van der Waals surface area contributed by atoms with Crippen LogP contribution in [0, 0.1) is 12.7 Å². The average Bonchev–Trinajstić information content (AvgIpc) is 2.19. The number of morpholine rings is 1. The fraction of sp³-hybridized carbons (Fsp3) is 0.500. The second-order valence-corrected chi connectivity index (χ2v) is 3.44. The summed E-state index contributed by atoms with van der Waals surface area (Å²) in [6.45, 7) is 3.89. The van der Waals surface area contributed by atoms with Crippen LogP contribution >= 0.6 is 0 Å². The Morgan fingerprint density at radius 2 is 2.50 bits per heavy atom. The minimum Gasteiger partial charge on any atom is -0.369 e. The maximum Gasteiger partial charge on any atom is 0.147 e. The number of nitrogens with zero attached hydrogens (tertiary/aromatic N) is 1. The summed E-state index contributed by atoms with van der Waals surface area (Å²) >= 11 is 0. The predicted octanol–water partition coefficient (Wildman–Crippen LogP) is 1.19. The van der Waals surface area contributed by atoms with Crippen LogP contribution in [0.1, 0.15) is 17.4 Å². The van der Waals surface area contributed by atoms with Crippen LogP contribution in [0.15, 0.2) is 12.3 Å². The summed E-state index contributed by atoms with van der Waals surface area (Å²) in [6.07, 6.45) is 1.42. The largest absolute Gasteiger partial charge is 0.369 e. The quantitative estimate of drug-likeness (QED) is 0.732. The lowest BCUT2D eigenvalue weighted by Crippen LogP contribution is -2.34. The molecule has 1 atom stereocenters. The fourth-order valence-electron chi connectivity index (χ4n) is 1.52. The molecule has 1 fully saturated rings. The first-order chi connectivity index (χ1) is 6.77. The summed E-state index contributed by atoms with van der Waals surface area (Å²) in [4.78, 5) is 4.06. The molecule has 2 heterocycles. The van der Waals surface area contributed by atoms with Crippen LogP contribution in [0.3, 0.4) is 0 Å². The van der Waals surface area contributed by atoms with Crippen molar-refractivity contribution in [2.24, 2.45) is 0 Å². The number of hydrogen-bond donors (Lipinski definition) is 1. The molecule has 1 aromatic heterocycles. The van der Waals surface area contributed by atoms with E-state index in [0.717, 1.165) is 12.1 Å². The Morgan fingerprint density at radius 3 is 3.14 bits per heavy atom. The van der Waals surface area contributed by atoms with Crippen LogP contribution in [-0.4, -0.2) is 24.7 Å². The summed E-state index contributed by atoms with van der Waals surface area (Å²) in [7, 11) is 0. The highest BCUT2D eigenvalue weighted by Crippen LogP contribution is 2.19. The summed E-state index contributed by atoms with van der Waals surface area (Å²) in [6, 6.07) is 1.49. The van der Waals surface area contributed by atoms with E-state index >= 15 is 0 Å². The molecule has 0 spiro atoms. The van der Waals surface area contributed by atoms with Gasteiger partial charge < -0.3 is 10.1 Å². The second kappa shape index (κ2) is 4.02. The van der Waals surface area contributed by atoms with Gasteiger partial charge >= 0.3 is 0 Å². The number of nitrogens with one attached hydrogen (secondary N) is 1. The number of aromatic nitrogens is 1. The van der Waals surface area contributed by atoms with E-state index in [0.29, 0.717) is 18.8 Å². The first-order valence-corrected chi connectivity index (χ1v) is 4.72. The van der Waals surface area contributed by atoms with Gasteiger partial charge in [0, 0.05) is 19.3 Å². The first kappa shape index (κ1) is 9.55. The van der Waals surface area contributed by atoms with Gasteiger partial charge in [-0.25, -0.2) is 4.39 Å². The smallest absolute Gasteiger partial charge is 0.147 e. The van der Waals surface area contributed by atoms with Crippen LogP contribution in [0.25, 0.3) is 0 Å². The zero-order chi connectivity index (χ0) is 9.97. The number of rotatable bonds is 1. The molecule has 0 amide bonds. The molecule has 1 unspecified atom stereocenters. The molecule has 14 heavy (non-hydrogen) atoms. The van der Waals surface area contributed by atoms with Crippen molar-refractivity contribution in [2.75, 3.05) is 19.7 Å². The Bertz CT molecular complexity index is 324. The summed E-state index contributed by atoms with van der Waals surface area (Å²) in [5, 5.41) is 3.14. The van der Waals surface area contributed by atoms with Gasteiger partial charge in [-0.2, -0.15) is 0 Å². The van der Waals surface area contributed by atoms with E-state index in [9.17, 15) is 4.39 Å². The number of ether oxygens (including phenoxy) is 1. The molecular formula is C10H13FN2O. The summed E-state index contributed by atoms with van der Waals surface area (Å²) in [5.41, 5.74) is 1.23. The maximum absolute atomic E-state index is 13.5. The molecule has 0 aliphatic carbocycles. The minimum atomic E-state index is -0.279. The predicted molar refractivity (Wildman–Crippen MR) is 50.5 cm³/mol. The van der Waals surface area contributed by atoms with Gasteiger partial charge in [-0.05, 0) is 18.6 Å². The highest BCUT2D eigenvalue weighted by Gasteiger charge is 2.20. The van der Waals surface area contributed by atoms with E-state index in [4.69, 9.17) is 4.74 Å². The third kappa shape index (κ3) is 1.91. The van der Waals surface area contributed by atoms with Crippen molar-refractivity contribution in [3.63, 3.8) is 0 Å². The Kier molecular flexibility index (Phi) is 2.74. The Balaban J connectivity index is 2.22. The lowest BCUT2D eigenvalue weighted by atomic mass is 10.1. The topological polar surface area (TPSA) is 34.2 Å². The summed E-state index contributed by atoms with van der Waals surface area (Å²) < 4.78 is 18.9.